The van der Waals surface area contributed by atoms with Crippen LogP contribution < -0.4 is 16.4 Å². The zero-order valence-corrected chi connectivity index (χ0v) is 37.2. The monoisotopic (exact) mass is 844 g/mol. The molecular formula is C53H69N3O6. The zero-order chi connectivity index (χ0) is 44.3. The molecule has 7 atom stereocenters. The van der Waals surface area contributed by atoms with Crippen molar-refractivity contribution in [2.75, 3.05) is 26.4 Å². The molecule has 2 aliphatic carbocycles. The number of carbonyl (C=O) groups is 2. The van der Waals surface area contributed by atoms with Crippen molar-refractivity contribution in [1.29, 1.82) is 0 Å². The lowest BCUT2D eigenvalue weighted by atomic mass is 9.52. The standard InChI is InChI=1S/C53H69N3O6/c1-5-55-47-26-25-39(20-12-19-38-16-7-6-8-17-38)18-9-10-32-62-35-41(22-11-15-36(47)2)43-28-30-53(50(43)60)46(24-14-31-57)42(27-29-52(53,4)61)37(3)48(58)33-40-21-13-23-44-45(40)34-49(59)56-51(44)54/h6-8,11,13,15-17,21-23,25,43,46-47,50-51,55,57,60-61H,2,5,12,14,18-20,24,26-35,54H2,1,3-4H3,(H,56,59). The number of ether oxygens (including phenoxy) is 1. The molecule has 1 spiro atoms. The van der Waals surface area contributed by atoms with Crippen molar-refractivity contribution in [3.63, 3.8) is 0 Å². The number of nitrogens with one attached hydrogen (secondary N) is 2. The van der Waals surface area contributed by atoms with Gasteiger partial charge in [0.25, 0.3) is 0 Å². The second-order valence-corrected chi connectivity index (χ2v) is 18.0. The maximum atomic E-state index is 14.3. The molecule has 332 valence electrons. The fourth-order valence-electron chi connectivity index (χ4n) is 10.8. The van der Waals surface area contributed by atoms with E-state index in [2.05, 4.69) is 72.4 Å². The van der Waals surface area contributed by atoms with Gasteiger partial charge in [-0.3, -0.25) is 9.59 Å². The Morgan fingerprint density at radius 2 is 1.90 bits per heavy atom. The number of carbonyl (C=O) groups excluding carboxylic acids is 2. The topological polar surface area (TPSA) is 154 Å². The predicted molar refractivity (Wildman–Crippen MR) is 247 cm³/mol. The Labute approximate surface area is 369 Å². The summed E-state index contributed by atoms with van der Waals surface area (Å²) in [6.07, 6.45) is 14.7. The van der Waals surface area contributed by atoms with E-state index in [1.807, 2.05) is 50.3 Å². The van der Waals surface area contributed by atoms with E-state index in [0.717, 1.165) is 65.6 Å². The Balaban J connectivity index is 1.25. The molecule has 2 aromatic rings. The van der Waals surface area contributed by atoms with Crippen LogP contribution in [-0.4, -0.2) is 71.1 Å². The van der Waals surface area contributed by atoms with Gasteiger partial charge >= 0.3 is 0 Å². The van der Waals surface area contributed by atoms with Gasteiger partial charge in [-0.2, -0.15) is 0 Å². The largest absolute Gasteiger partial charge is 0.396 e. The van der Waals surface area contributed by atoms with Crippen LogP contribution in [0, 0.1) is 29.1 Å². The Bertz CT molecular complexity index is 2100. The van der Waals surface area contributed by atoms with Crippen molar-refractivity contribution in [2.45, 2.75) is 128 Å². The number of rotatable bonds is 13. The number of nitrogens with two attached hydrogens (primary N) is 1. The summed E-state index contributed by atoms with van der Waals surface area (Å²) in [6.45, 7) is 11.6. The van der Waals surface area contributed by atoms with Gasteiger partial charge in [0.05, 0.1) is 24.7 Å². The Kier molecular flexibility index (Phi) is 16.6. The number of ketones is 1. The average Bonchev–Trinajstić information content (AvgIpc) is 3.60. The van der Waals surface area contributed by atoms with Crippen LogP contribution in [0.5, 0.6) is 0 Å². The third-order valence-corrected chi connectivity index (χ3v) is 14.2. The van der Waals surface area contributed by atoms with E-state index in [-0.39, 0.29) is 62.2 Å². The smallest absolute Gasteiger partial charge is 0.225 e. The third kappa shape index (κ3) is 10.8. The molecule has 2 saturated carbocycles. The number of hydrogen-bond donors (Lipinski definition) is 6. The van der Waals surface area contributed by atoms with Crippen LogP contribution in [0.25, 0.3) is 0 Å². The van der Waals surface area contributed by atoms with Crippen LogP contribution in [0.4, 0.5) is 0 Å². The van der Waals surface area contributed by atoms with Crippen molar-refractivity contribution in [3.8, 4) is 11.8 Å². The van der Waals surface area contributed by atoms with E-state index in [0.29, 0.717) is 50.5 Å². The SMILES string of the molecule is C=C1C=CC=C(C2CCC3(C(CCCO)C(=C(C)C(=O)Cc4cccc5c4CC(=O)NC5N)CCC3(C)O)C2O)COCC#CCC(CCCc2ccccc2)=CCC1NCC. The lowest BCUT2D eigenvalue weighted by Gasteiger charge is -2.55. The molecule has 62 heavy (non-hydrogen) atoms. The average molecular weight is 844 g/mol. The molecule has 0 saturated heterocycles. The van der Waals surface area contributed by atoms with Crippen molar-refractivity contribution in [1.82, 2.24) is 10.6 Å². The first-order valence-corrected chi connectivity index (χ1v) is 22.8. The molecule has 7 N–H and O–H groups in total. The van der Waals surface area contributed by atoms with Gasteiger partial charge in [-0.1, -0.05) is 109 Å². The molecule has 2 fully saturated rings. The summed E-state index contributed by atoms with van der Waals surface area (Å²) in [5.41, 5.74) is 12.5. The fraction of sp³-hybridized carbons (Fsp3) is 0.509. The number of allylic oxidation sites excluding steroid dienone is 5. The number of likely N-dealkylation sites (N-methyl/N-ethyl adjacent to an activating group) is 1. The normalized spacial score (nSPS) is 29.0. The maximum Gasteiger partial charge on any atom is 0.225 e. The lowest BCUT2D eigenvalue weighted by molar-refractivity contribution is -0.167. The molecule has 7 unspecified atom stereocenters. The van der Waals surface area contributed by atoms with Crippen molar-refractivity contribution >= 4 is 11.7 Å². The molecule has 9 heteroatoms. The number of amides is 1. The first kappa shape index (κ1) is 47.1. The number of aryl methyl sites for hydroxylation is 1. The number of aliphatic hydroxyl groups excluding tert-OH is 2. The van der Waals surface area contributed by atoms with Crippen molar-refractivity contribution < 1.29 is 29.6 Å². The van der Waals surface area contributed by atoms with Gasteiger partial charge in [0, 0.05) is 36.8 Å². The fourth-order valence-corrected chi connectivity index (χ4v) is 10.8. The van der Waals surface area contributed by atoms with Gasteiger partial charge in [-0.15, -0.1) is 0 Å². The minimum absolute atomic E-state index is 0.0414. The van der Waals surface area contributed by atoms with E-state index in [1.54, 1.807) is 0 Å². The van der Waals surface area contributed by atoms with Gasteiger partial charge in [-0.05, 0) is 129 Å². The summed E-state index contributed by atoms with van der Waals surface area (Å²) in [5, 5.41) is 41.7. The Morgan fingerprint density at radius 1 is 1.10 bits per heavy atom. The number of hydrogen-bond acceptors (Lipinski definition) is 8. The summed E-state index contributed by atoms with van der Waals surface area (Å²) >= 11 is 0. The minimum atomic E-state index is -1.24. The van der Waals surface area contributed by atoms with E-state index >= 15 is 0 Å². The molecule has 2 aliphatic heterocycles. The highest BCUT2D eigenvalue weighted by atomic mass is 16.5. The number of aliphatic hydroxyl groups is 3. The van der Waals surface area contributed by atoms with Crippen molar-refractivity contribution in [2.24, 2.45) is 23.0 Å². The maximum absolute atomic E-state index is 14.3. The van der Waals surface area contributed by atoms with E-state index in [4.69, 9.17) is 10.5 Å². The van der Waals surface area contributed by atoms with Crippen LogP contribution in [0.3, 0.4) is 0 Å². The summed E-state index contributed by atoms with van der Waals surface area (Å²) in [6, 6.07) is 16.3. The molecule has 6 rings (SSSR count). The van der Waals surface area contributed by atoms with Crippen LogP contribution in [0.2, 0.25) is 0 Å². The minimum Gasteiger partial charge on any atom is -0.396 e. The summed E-state index contributed by atoms with van der Waals surface area (Å²) in [7, 11) is 0. The predicted octanol–water partition coefficient (Wildman–Crippen LogP) is 7.22. The van der Waals surface area contributed by atoms with Gasteiger partial charge in [0.2, 0.25) is 5.91 Å². The third-order valence-electron chi connectivity index (χ3n) is 14.2. The number of Topliss-reactive ketones (excluding diaryl/α,β-unsaturated/α-hetero) is 1. The molecule has 0 bridgehead atoms. The molecule has 0 aromatic heterocycles. The zero-order valence-electron chi connectivity index (χ0n) is 37.2. The summed E-state index contributed by atoms with van der Waals surface area (Å²) in [4.78, 5) is 26.7. The highest BCUT2D eigenvalue weighted by molar-refractivity contribution is 5.97. The Morgan fingerprint density at radius 3 is 2.68 bits per heavy atom. The van der Waals surface area contributed by atoms with Gasteiger partial charge in [0.1, 0.15) is 12.8 Å². The van der Waals surface area contributed by atoms with Crippen molar-refractivity contribution in [3.05, 3.63) is 130 Å². The number of benzene rings is 2. The van der Waals surface area contributed by atoms with Crippen LogP contribution in [-0.2, 0) is 33.6 Å². The molecule has 2 aromatic carbocycles. The molecule has 2 heterocycles. The van der Waals surface area contributed by atoms with Gasteiger partial charge in [0.15, 0.2) is 5.78 Å². The first-order valence-electron chi connectivity index (χ1n) is 22.8. The van der Waals surface area contributed by atoms with E-state index in [1.165, 1.54) is 11.1 Å². The second-order valence-electron chi connectivity index (χ2n) is 18.0. The molecule has 0 radical (unpaired) electrons. The van der Waals surface area contributed by atoms with Crippen LogP contribution in [0.15, 0.2) is 107 Å². The molecular weight excluding hydrogens is 775 g/mol. The highest BCUT2D eigenvalue weighted by Crippen LogP contribution is 2.63. The highest BCUT2D eigenvalue weighted by Gasteiger charge is 2.64. The number of fused-ring (bicyclic) bond motifs is 1. The van der Waals surface area contributed by atoms with E-state index in [9.17, 15) is 24.9 Å². The second kappa shape index (κ2) is 21.8. The van der Waals surface area contributed by atoms with Crippen LogP contribution >= 0.6 is 0 Å². The molecule has 9 nitrogen and oxygen atoms in total. The molecule has 1 amide bonds. The van der Waals surface area contributed by atoms with Gasteiger partial charge in [-0.25, -0.2) is 0 Å². The molecule has 4 aliphatic rings. The summed E-state index contributed by atoms with van der Waals surface area (Å²) < 4.78 is 6.24. The first-order chi connectivity index (χ1) is 29.9. The van der Waals surface area contributed by atoms with Crippen LogP contribution in [0.1, 0.15) is 113 Å². The Hall–Kier alpha value is -4.40. The quantitative estimate of drug-likeness (QED) is 0.0703. The van der Waals surface area contributed by atoms with Gasteiger partial charge < -0.3 is 36.4 Å². The summed E-state index contributed by atoms with van der Waals surface area (Å²) in [5.74, 6) is 5.73. The lowest BCUT2D eigenvalue weighted by Crippen LogP contribution is -2.59. The van der Waals surface area contributed by atoms with E-state index < -0.39 is 23.3 Å².